The maximum atomic E-state index is 12.5. The number of amides is 1. The molecule has 4 N–H and O–H groups in total. The molecule has 1 atom stereocenters. The number of sulfonamides is 1. The molecule has 0 aliphatic carbocycles. The highest BCUT2D eigenvalue weighted by molar-refractivity contribution is 7.89. The highest BCUT2D eigenvalue weighted by Gasteiger charge is 2.24. The van der Waals surface area contributed by atoms with Crippen LogP contribution >= 0.6 is 12.4 Å². The van der Waals surface area contributed by atoms with E-state index in [1.165, 1.54) is 13.2 Å². The molecular formula is C16H28ClN3O4S. The van der Waals surface area contributed by atoms with Crippen LogP contribution < -0.4 is 15.8 Å². The van der Waals surface area contributed by atoms with Gasteiger partial charge in [-0.15, -0.1) is 12.4 Å². The number of halogens is 1. The molecule has 0 fully saturated rings. The zero-order valence-electron chi connectivity index (χ0n) is 15.3. The number of nitrogens with one attached hydrogen (secondary N) is 2. The highest BCUT2D eigenvalue weighted by atomic mass is 35.5. The summed E-state index contributed by atoms with van der Waals surface area (Å²) in [7, 11) is -2.20. The lowest BCUT2D eigenvalue weighted by molar-refractivity contribution is -0.118. The van der Waals surface area contributed by atoms with Crippen molar-refractivity contribution in [1.29, 1.82) is 0 Å². The minimum atomic E-state index is -3.69. The van der Waals surface area contributed by atoms with E-state index in [1.807, 2.05) is 0 Å². The fourth-order valence-electron chi connectivity index (χ4n) is 2.11. The summed E-state index contributed by atoms with van der Waals surface area (Å²) >= 11 is 0. The number of rotatable bonds is 7. The second-order valence-corrected chi connectivity index (χ2v) is 8.33. The van der Waals surface area contributed by atoms with Gasteiger partial charge in [0.25, 0.3) is 0 Å². The van der Waals surface area contributed by atoms with Crippen LogP contribution in [-0.4, -0.2) is 39.6 Å². The number of ether oxygens (including phenoxy) is 1. The van der Waals surface area contributed by atoms with Gasteiger partial charge in [-0.25, -0.2) is 13.1 Å². The monoisotopic (exact) mass is 393 g/mol. The van der Waals surface area contributed by atoms with Crippen LogP contribution in [0.4, 0.5) is 5.69 Å². The van der Waals surface area contributed by atoms with Gasteiger partial charge in [0.1, 0.15) is 0 Å². The molecule has 1 aromatic rings. The summed E-state index contributed by atoms with van der Waals surface area (Å²) in [5.74, 6) is -0.289. The maximum Gasteiger partial charge on any atom is 0.241 e. The van der Waals surface area contributed by atoms with Crippen molar-refractivity contribution in [3.8, 4) is 0 Å². The molecule has 9 heteroatoms. The molecule has 7 nitrogen and oxygen atoms in total. The molecule has 0 aliphatic rings. The van der Waals surface area contributed by atoms with Gasteiger partial charge in [0.05, 0.1) is 17.4 Å². The summed E-state index contributed by atoms with van der Waals surface area (Å²) in [6.45, 7) is 7.24. The number of benzene rings is 1. The van der Waals surface area contributed by atoms with Crippen LogP contribution in [0, 0.1) is 6.92 Å². The predicted octanol–water partition coefficient (Wildman–Crippen LogP) is 1.80. The molecule has 1 amide bonds. The summed E-state index contributed by atoms with van der Waals surface area (Å²) in [5.41, 5.74) is 5.90. The minimum Gasteiger partial charge on any atom is -0.380 e. The second kappa shape index (κ2) is 9.49. The third-order valence-corrected chi connectivity index (χ3v) is 5.11. The predicted molar refractivity (Wildman–Crippen MR) is 102 cm³/mol. The summed E-state index contributed by atoms with van der Waals surface area (Å²) in [4.78, 5) is 12.1. The number of hydrogen-bond donors (Lipinski definition) is 3. The second-order valence-electron chi connectivity index (χ2n) is 6.68. The van der Waals surface area contributed by atoms with E-state index in [-0.39, 0.29) is 42.3 Å². The smallest absolute Gasteiger partial charge is 0.241 e. The van der Waals surface area contributed by atoms with E-state index >= 15 is 0 Å². The van der Waals surface area contributed by atoms with Crippen molar-refractivity contribution in [2.45, 2.75) is 50.7 Å². The lowest BCUT2D eigenvalue weighted by Crippen LogP contribution is -2.40. The lowest BCUT2D eigenvalue weighted by atomic mass is 10.1. The highest BCUT2D eigenvalue weighted by Crippen LogP contribution is 2.22. The summed E-state index contributed by atoms with van der Waals surface area (Å²) in [6, 6.07) is 4.77. The maximum absolute atomic E-state index is 12.5. The Morgan fingerprint density at radius 3 is 2.40 bits per heavy atom. The van der Waals surface area contributed by atoms with Gasteiger partial charge in [-0.2, -0.15) is 0 Å². The minimum absolute atomic E-state index is 0. The van der Waals surface area contributed by atoms with Gasteiger partial charge in [-0.1, -0.05) is 6.07 Å². The number of aryl methyl sites for hydroxylation is 1. The molecule has 0 heterocycles. The van der Waals surface area contributed by atoms with Crippen LogP contribution in [0.2, 0.25) is 0 Å². The van der Waals surface area contributed by atoms with E-state index in [1.54, 1.807) is 39.8 Å². The van der Waals surface area contributed by atoms with Gasteiger partial charge in [0, 0.05) is 24.9 Å². The number of methoxy groups -OCH3 is 1. The van der Waals surface area contributed by atoms with E-state index in [2.05, 4.69) is 10.0 Å². The Morgan fingerprint density at radius 1 is 1.32 bits per heavy atom. The van der Waals surface area contributed by atoms with Gasteiger partial charge in [0.15, 0.2) is 0 Å². The molecule has 0 radical (unpaired) electrons. The first-order valence-electron chi connectivity index (χ1n) is 7.66. The quantitative estimate of drug-likeness (QED) is 0.654. The number of carbonyl (C=O) groups is 1. The van der Waals surface area contributed by atoms with Crippen molar-refractivity contribution < 1.29 is 17.9 Å². The first-order valence-corrected chi connectivity index (χ1v) is 9.14. The van der Waals surface area contributed by atoms with Crippen LogP contribution in [0.5, 0.6) is 0 Å². The Labute approximate surface area is 156 Å². The molecule has 1 aromatic carbocycles. The van der Waals surface area contributed by atoms with E-state index in [9.17, 15) is 13.2 Å². The van der Waals surface area contributed by atoms with Gasteiger partial charge in [-0.05, 0) is 45.4 Å². The van der Waals surface area contributed by atoms with Crippen molar-refractivity contribution in [2.24, 2.45) is 5.73 Å². The van der Waals surface area contributed by atoms with Crippen LogP contribution in [0.1, 0.15) is 32.8 Å². The molecule has 0 saturated heterocycles. The van der Waals surface area contributed by atoms with Gasteiger partial charge in [-0.3, -0.25) is 4.79 Å². The summed E-state index contributed by atoms with van der Waals surface area (Å²) < 4.78 is 32.7. The molecule has 0 spiro atoms. The van der Waals surface area contributed by atoms with Crippen LogP contribution in [-0.2, 0) is 19.6 Å². The Hall–Kier alpha value is -1.19. The first-order chi connectivity index (χ1) is 11.0. The van der Waals surface area contributed by atoms with Crippen molar-refractivity contribution >= 4 is 34.0 Å². The molecule has 1 rings (SSSR count). The number of carbonyl (C=O) groups excluding carboxylic acids is 1. The third-order valence-electron chi connectivity index (χ3n) is 3.21. The van der Waals surface area contributed by atoms with E-state index in [0.29, 0.717) is 11.3 Å². The van der Waals surface area contributed by atoms with E-state index in [4.69, 9.17) is 10.5 Å². The Morgan fingerprint density at radius 2 is 1.92 bits per heavy atom. The molecule has 0 saturated carbocycles. The van der Waals surface area contributed by atoms with Crippen molar-refractivity contribution in [3.05, 3.63) is 23.8 Å². The van der Waals surface area contributed by atoms with E-state index in [0.717, 1.165) is 0 Å². The standard InChI is InChI=1S/C16H27N3O4S.ClH/c1-11-6-7-12(18-15(20)9-13(10-17)23-5)8-14(11)24(21,22)19-16(2,3)4;/h6-8,13,19H,9-10,17H2,1-5H3,(H,18,20);1H. The summed E-state index contributed by atoms with van der Waals surface area (Å²) in [5, 5.41) is 2.68. The molecule has 0 bridgehead atoms. The Bertz CT molecular complexity index is 683. The SMILES string of the molecule is COC(CN)CC(=O)Nc1ccc(C)c(S(=O)(=O)NC(C)(C)C)c1.Cl. The third kappa shape index (κ3) is 7.70. The lowest BCUT2D eigenvalue weighted by Gasteiger charge is -2.21. The zero-order chi connectivity index (χ0) is 18.5. The van der Waals surface area contributed by atoms with Crippen LogP contribution in [0.3, 0.4) is 0 Å². The fraction of sp³-hybridized carbons (Fsp3) is 0.562. The molecule has 1 unspecified atom stereocenters. The van der Waals surface area contributed by atoms with Gasteiger partial charge in [0.2, 0.25) is 15.9 Å². The fourth-order valence-corrected chi connectivity index (χ4v) is 3.80. The number of hydrogen-bond acceptors (Lipinski definition) is 5. The Balaban J connectivity index is 0.00000576. The number of nitrogens with two attached hydrogens (primary N) is 1. The molecule has 25 heavy (non-hydrogen) atoms. The van der Waals surface area contributed by atoms with Crippen molar-refractivity contribution in [2.75, 3.05) is 19.0 Å². The van der Waals surface area contributed by atoms with Crippen molar-refractivity contribution in [3.63, 3.8) is 0 Å². The average molecular weight is 394 g/mol. The molecular weight excluding hydrogens is 366 g/mol. The molecule has 144 valence electrons. The number of anilines is 1. The topological polar surface area (TPSA) is 111 Å². The van der Waals surface area contributed by atoms with Gasteiger partial charge >= 0.3 is 0 Å². The normalized spacial score (nSPS) is 13.0. The zero-order valence-corrected chi connectivity index (χ0v) is 16.9. The first kappa shape index (κ1) is 23.8. The van der Waals surface area contributed by atoms with Crippen molar-refractivity contribution in [1.82, 2.24) is 4.72 Å². The van der Waals surface area contributed by atoms with Crippen LogP contribution in [0.15, 0.2) is 23.1 Å². The van der Waals surface area contributed by atoms with Crippen LogP contribution in [0.25, 0.3) is 0 Å². The molecule has 0 aromatic heterocycles. The summed E-state index contributed by atoms with van der Waals surface area (Å²) in [6.07, 6.45) is -0.273. The van der Waals surface area contributed by atoms with Gasteiger partial charge < -0.3 is 15.8 Å². The largest absolute Gasteiger partial charge is 0.380 e. The Kier molecular flexibility index (Phi) is 9.04. The average Bonchev–Trinajstić information content (AvgIpc) is 2.44. The molecule has 0 aliphatic heterocycles. The van der Waals surface area contributed by atoms with E-state index < -0.39 is 15.6 Å².